The zero-order valence-corrected chi connectivity index (χ0v) is 16.4. The van der Waals surface area contributed by atoms with Gasteiger partial charge < -0.3 is 20.3 Å². The summed E-state index contributed by atoms with van der Waals surface area (Å²) in [5, 5.41) is 6.75. The number of ether oxygens (including phenoxy) is 1. The van der Waals surface area contributed by atoms with Gasteiger partial charge in [0.25, 0.3) is 0 Å². The average Bonchev–Trinajstić information content (AvgIpc) is 3.55. The Bertz CT molecular complexity index is 556. The molecule has 1 aromatic heterocycles. The summed E-state index contributed by atoms with van der Waals surface area (Å²) >= 11 is 0. The molecule has 2 fully saturated rings. The maximum absolute atomic E-state index is 5.65. The fourth-order valence-electron chi connectivity index (χ4n) is 3.09. The molecule has 2 N–H and O–H groups in total. The monoisotopic (exact) mass is 375 g/mol. The highest BCUT2D eigenvalue weighted by Gasteiger charge is 2.21. The van der Waals surface area contributed by atoms with Crippen molar-refractivity contribution in [2.75, 3.05) is 71.0 Å². The molecule has 2 aliphatic rings. The lowest BCUT2D eigenvalue weighted by Crippen LogP contribution is -2.49. The molecule has 0 radical (unpaired) electrons. The van der Waals surface area contributed by atoms with Gasteiger partial charge in [-0.1, -0.05) is 0 Å². The summed E-state index contributed by atoms with van der Waals surface area (Å²) in [5.41, 5.74) is 0. The van der Waals surface area contributed by atoms with E-state index in [1.165, 1.54) is 12.8 Å². The van der Waals surface area contributed by atoms with Gasteiger partial charge in [-0.15, -0.1) is 0 Å². The van der Waals surface area contributed by atoms with Crippen LogP contribution in [0.15, 0.2) is 23.5 Å². The normalized spacial score (nSPS) is 18.6. The van der Waals surface area contributed by atoms with Gasteiger partial charge in [-0.25, -0.2) is 9.97 Å². The van der Waals surface area contributed by atoms with Crippen molar-refractivity contribution >= 4 is 11.9 Å². The average molecular weight is 376 g/mol. The van der Waals surface area contributed by atoms with Gasteiger partial charge in [0.05, 0.1) is 0 Å². The number of anilines is 1. The van der Waals surface area contributed by atoms with Crippen LogP contribution in [0.2, 0.25) is 0 Å². The second kappa shape index (κ2) is 11.0. The fraction of sp³-hybridized carbons (Fsp3) is 0.737. The first-order valence-corrected chi connectivity index (χ1v) is 10.1. The molecule has 1 aromatic rings. The minimum atomic E-state index is 0.829. The maximum Gasteiger partial charge on any atom is 0.225 e. The van der Waals surface area contributed by atoms with E-state index in [0.29, 0.717) is 0 Å². The quantitative estimate of drug-likeness (QED) is 0.352. The molecule has 1 aliphatic carbocycles. The molecule has 3 rings (SSSR count). The summed E-state index contributed by atoms with van der Waals surface area (Å²) in [6.45, 7) is 8.56. The third kappa shape index (κ3) is 7.30. The lowest BCUT2D eigenvalue weighted by molar-refractivity contribution is 0.123. The van der Waals surface area contributed by atoms with E-state index in [1.807, 2.05) is 13.1 Å². The molecule has 2 heterocycles. The molecule has 1 saturated carbocycles. The van der Waals surface area contributed by atoms with Crippen molar-refractivity contribution in [1.82, 2.24) is 25.5 Å². The van der Waals surface area contributed by atoms with Gasteiger partial charge in [-0.2, -0.15) is 0 Å². The van der Waals surface area contributed by atoms with E-state index in [1.54, 1.807) is 12.4 Å². The van der Waals surface area contributed by atoms with E-state index in [2.05, 4.69) is 35.4 Å². The fourth-order valence-corrected chi connectivity index (χ4v) is 3.09. The predicted molar refractivity (Wildman–Crippen MR) is 108 cm³/mol. The van der Waals surface area contributed by atoms with Crippen molar-refractivity contribution in [3.05, 3.63) is 18.5 Å². The summed E-state index contributed by atoms with van der Waals surface area (Å²) < 4.78 is 5.65. The zero-order chi connectivity index (χ0) is 18.7. The SMILES string of the molecule is CN=C(NCCCOCC1CC1)NCCN1CCN(c2ncccn2)CC1. The van der Waals surface area contributed by atoms with Crippen LogP contribution in [-0.2, 0) is 4.74 Å². The van der Waals surface area contributed by atoms with Gasteiger partial charge in [-0.3, -0.25) is 9.89 Å². The Labute approximate surface area is 162 Å². The maximum atomic E-state index is 5.65. The van der Waals surface area contributed by atoms with Crippen LogP contribution < -0.4 is 15.5 Å². The van der Waals surface area contributed by atoms with Crippen LogP contribution in [-0.4, -0.2) is 86.9 Å². The van der Waals surface area contributed by atoms with E-state index in [9.17, 15) is 0 Å². The summed E-state index contributed by atoms with van der Waals surface area (Å²) in [4.78, 5) is 17.7. The van der Waals surface area contributed by atoms with E-state index < -0.39 is 0 Å². The van der Waals surface area contributed by atoms with Gasteiger partial charge in [0, 0.05) is 78.5 Å². The smallest absolute Gasteiger partial charge is 0.225 e. The van der Waals surface area contributed by atoms with Crippen LogP contribution >= 0.6 is 0 Å². The first-order valence-electron chi connectivity index (χ1n) is 10.1. The number of nitrogens with zero attached hydrogens (tertiary/aromatic N) is 5. The third-order valence-electron chi connectivity index (χ3n) is 4.96. The lowest BCUT2D eigenvalue weighted by Gasteiger charge is -2.34. The molecule has 8 nitrogen and oxygen atoms in total. The van der Waals surface area contributed by atoms with Crippen LogP contribution in [0, 0.1) is 5.92 Å². The number of guanidine groups is 1. The van der Waals surface area contributed by atoms with Crippen molar-refractivity contribution in [2.45, 2.75) is 19.3 Å². The topological polar surface area (TPSA) is 77.9 Å². The van der Waals surface area contributed by atoms with Crippen LogP contribution in [0.3, 0.4) is 0 Å². The van der Waals surface area contributed by atoms with Crippen LogP contribution in [0.1, 0.15) is 19.3 Å². The van der Waals surface area contributed by atoms with Gasteiger partial charge in [0.15, 0.2) is 5.96 Å². The molecule has 27 heavy (non-hydrogen) atoms. The largest absolute Gasteiger partial charge is 0.381 e. The number of rotatable bonds is 10. The van der Waals surface area contributed by atoms with E-state index >= 15 is 0 Å². The molecule has 0 spiro atoms. The lowest BCUT2D eigenvalue weighted by atomic mass is 10.3. The molecule has 8 heteroatoms. The van der Waals surface area contributed by atoms with Gasteiger partial charge in [0.2, 0.25) is 5.95 Å². The zero-order valence-electron chi connectivity index (χ0n) is 16.4. The minimum Gasteiger partial charge on any atom is -0.381 e. The van der Waals surface area contributed by atoms with E-state index in [0.717, 1.165) is 83.3 Å². The number of nitrogens with one attached hydrogen (secondary N) is 2. The second-order valence-electron chi connectivity index (χ2n) is 7.18. The molecular formula is C19H33N7O. The summed E-state index contributed by atoms with van der Waals surface area (Å²) in [5.74, 6) is 2.55. The second-order valence-corrected chi connectivity index (χ2v) is 7.18. The predicted octanol–water partition coefficient (Wildman–Crippen LogP) is 0.580. The number of aliphatic imine (C=N–C) groups is 1. The molecule has 150 valence electrons. The van der Waals surface area contributed by atoms with Crippen molar-refractivity contribution in [3.8, 4) is 0 Å². The van der Waals surface area contributed by atoms with Gasteiger partial charge in [0.1, 0.15) is 0 Å². The van der Waals surface area contributed by atoms with Gasteiger partial charge in [-0.05, 0) is 31.2 Å². The molecular weight excluding hydrogens is 342 g/mol. The van der Waals surface area contributed by atoms with E-state index in [4.69, 9.17) is 4.74 Å². The Hall–Kier alpha value is -1.93. The van der Waals surface area contributed by atoms with Crippen LogP contribution in [0.25, 0.3) is 0 Å². The Morgan fingerprint density at radius 3 is 2.59 bits per heavy atom. The highest BCUT2D eigenvalue weighted by atomic mass is 16.5. The number of hydrogen-bond acceptors (Lipinski definition) is 6. The van der Waals surface area contributed by atoms with Crippen molar-refractivity contribution in [2.24, 2.45) is 10.9 Å². The number of piperazine rings is 1. The summed E-state index contributed by atoms with van der Waals surface area (Å²) in [7, 11) is 1.82. The highest BCUT2D eigenvalue weighted by Crippen LogP contribution is 2.28. The summed E-state index contributed by atoms with van der Waals surface area (Å²) in [6, 6.07) is 1.85. The minimum absolute atomic E-state index is 0.829. The first kappa shape index (κ1) is 19.8. The Morgan fingerprint density at radius 1 is 1.15 bits per heavy atom. The highest BCUT2D eigenvalue weighted by molar-refractivity contribution is 5.79. The summed E-state index contributed by atoms with van der Waals surface area (Å²) in [6.07, 6.45) is 7.32. The van der Waals surface area contributed by atoms with Crippen molar-refractivity contribution < 1.29 is 4.74 Å². The third-order valence-corrected chi connectivity index (χ3v) is 4.96. The molecule has 1 aliphatic heterocycles. The number of hydrogen-bond donors (Lipinski definition) is 2. The molecule has 0 amide bonds. The van der Waals surface area contributed by atoms with Crippen molar-refractivity contribution in [1.29, 1.82) is 0 Å². The molecule has 1 saturated heterocycles. The Morgan fingerprint density at radius 2 is 1.89 bits per heavy atom. The molecule has 0 atom stereocenters. The molecule has 0 bridgehead atoms. The van der Waals surface area contributed by atoms with Gasteiger partial charge >= 0.3 is 0 Å². The molecule has 0 unspecified atom stereocenters. The van der Waals surface area contributed by atoms with Crippen molar-refractivity contribution in [3.63, 3.8) is 0 Å². The standard InChI is InChI=1S/C19H33N7O/c1-20-18(21-8-3-15-27-16-17-4-5-17)22-9-10-25-11-13-26(14-12-25)19-23-6-2-7-24-19/h2,6-7,17H,3-5,8-16H2,1H3,(H2,20,21,22). The Kier molecular flexibility index (Phi) is 8.10. The van der Waals surface area contributed by atoms with Crippen LogP contribution in [0.5, 0.6) is 0 Å². The first-order chi connectivity index (χ1) is 13.3. The molecule has 0 aromatic carbocycles. The number of aromatic nitrogens is 2. The Balaban J connectivity index is 1.22. The van der Waals surface area contributed by atoms with Crippen LogP contribution in [0.4, 0.5) is 5.95 Å². The van der Waals surface area contributed by atoms with E-state index in [-0.39, 0.29) is 0 Å².